The van der Waals surface area contributed by atoms with E-state index in [1.165, 1.54) is 0 Å². The van der Waals surface area contributed by atoms with Gasteiger partial charge in [-0.15, -0.1) is 0 Å². The van der Waals surface area contributed by atoms with Crippen molar-refractivity contribution in [2.75, 3.05) is 6.61 Å². The Morgan fingerprint density at radius 3 is 2.83 bits per heavy atom. The van der Waals surface area contributed by atoms with Crippen LogP contribution >= 0.6 is 0 Å². The molecule has 0 bridgehead atoms. The van der Waals surface area contributed by atoms with Gasteiger partial charge in [0.05, 0.1) is 5.69 Å². The van der Waals surface area contributed by atoms with Crippen molar-refractivity contribution < 1.29 is 10.2 Å². The van der Waals surface area contributed by atoms with Crippen LogP contribution in [-0.4, -0.2) is 21.8 Å². The van der Waals surface area contributed by atoms with Gasteiger partial charge in [-0.3, -0.25) is 4.98 Å². The molecule has 0 unspecified atom stereocenters. The minimum absolute atomic E-state index is 0.134. The van der Waals surface area contributed by atoms with Crippen LogP contribution in [0.15, 0.2) is 12.3 Å². The molecular weight excluding hydrogens is 154 g/mol. The van der Waals surface area contributed by atoms with Gasteiger partial charge in [0.2, 0.25) is 0 Å². The summed E-state index contributed by atoms with van der Waals surface area (Å²) in [4.78, 5) is 4.05. The molecule has 0 radical (unpaired) electrons. The second-order valence-corrected chi connectivity index (χ2v) is 2.81. The standard InChI is InChI=1S/C9H13NO2/c1-7-5-9(12)8(10-6-7)3-2-4-11/h5-6,11-12H,2-4H2,1H3. The van der Waals surface area contributed by atoms with Gasteiger partial charge in [-0.25, -0.2) is 0 Å². The van der Waals surface area contributed by atoms with Crippen LogP contribution < -0.4 is 0 Å². The number of aromatic nitrogens is 1. The Morgan fingerprint density at radius 1 is 1.50 bits per heavy atom. The summed E-state index contributed by atoms with van der Waals surface area (Å²) >= 11 is 0. The van der Waals surface area contributed by atoms with Crippen LogP contribution in [-0.2, 0) is 6.42 Å². The molecule has 66 valence electrons. The summed E-state index contributed by atoms with van der Waals surface area (Å²) in [6, 6.07) is 1.68. The lowest BCUT2D eigenvalue weighted by Gasteiger charge is -2.02. The van der Waals surface area contributed by atoms with Crippen LogP contribution in [0.25, 0.3) is 0 Å². The quantitative estimate of drug-likeness (QED) is 0.706. The SMILES string of the molecule is Cc1cnc(CCCO)c(O)c1. The Bertz CT molecular complexity index is 261. The van der Waals surface area contributed by atoms with Crippen molar-refractivity contribution in [1.29, 1.82) is 0 Å². The van der Waals surface area contributed by atoms with Gasteiger partial charge >= 0.3 is 0 Å². The first-order valence-electron chi connectivity index (χ1n) is 3.99. The second-order valence-electron chi connectivity index (χ2n) is 2.81. The van der Waals surface area contributed by atoms with Crippen LogP contribution in [0.1, 0.15) is 17.7 Å². The fraction of sp³-hybridized carbons (Fsp3) is 0.444. The minimum atomic E-state index is 0.134. The molecule has 1 aromatic rings. The molecule has 1 rings (SSSR count). The maximum Gasteiger partial charge on any atom is 0.137 e. The number of nitrogens with zero attached hydrogens (tertiary/aromatic N) is 1. The molecule has 0 aliphatic heterocycles. The number of rotatable bonds is 3. The van der Waals surface area contributed by atoms with Crippen molar-refractivity contribution in [3.05, 3.63) is 23.5 Å². The normalized spacial score (nSPS) is 10.2. The van der Waals surface area contributed by atoms with Gasteiger partial charge in [-0.1, -0.05) is 0 Å². The Labute approximate surface area is 71.7 Å². The molecule has 0 aliphatic carbocycles. The maximum absolute atomic E-state index is 9.37. The van der Waals surface area contributed by atoms with Gasteiger partial charge in [0, 0.05) is 12.8 Å². The molecule has 0 aliphatic rings. The number of aliphatic hydroxyl groups is 1. The van der Waals surface area contributed by atoms with Gasteiger partial charge in [-0.05, 0) is 31.4 Å². The highest BCUT2D eigenvalue weighted by atomic mass is 16.3. The molecule has 1 aromatic heterocycles. The van der Waals surface area contributed by atoms with Gasteiger partial charge < -0.3 is 10.2 Å². The molecular formula is C9H13NO2. The van der Waals surface area contributed by atoms with Gasteiger partial charge in [-0.2, -0.15) is 0 Å². The highest BCUT2D eigenvalue weighted by Gasteiger charge is 2.01. The molecule has 0 amide bonds. The number of hydrogen-bond donors (Lipinski definition) is 2. The first-order chi connectivity index (χ1) is 5.74. The first-order valence-corrected chi connectivity index (χ1v) is 3.99. The van der Waals surface area contributed by atoms with Crippen molar-refractivity contribution in [2.24, 2.45) is 0 Å². The molecule has 0 fully saturated rings. The van der Waals surface area contributed by atoms with Gasteiger partial charge in [0.15, 0.2) is 0 Å². The van der Waals surface area contributed by atoms with Crippen LogP contribution in [0.4, 0.5) is 0 Å². The number of aromatic hydroxyl groups is 1. The van der Waals surface area contributed by atoms with E-state index >= 15 is 0 Å². The monoisotopic (exact) mass is 167 g/mol. The molecule has 1 heterocycles. The number of aryl methyl sites for hydroxylation is 2. The van der Waals surface area contributed by atoms with Crippen molar-refractivity contribution in [3.63, 3.8) is 0 Å². The molecule has 3 nitrogen and oxygen atoms in total. The first kappa shape index (κ1) is 9.00. The summed E-state index contributed by atoms with van der Waals surface area (Å²) in [7, 11) is 0. The molecule has 0 spiro atoms. The lowest BCUT2D eigenvalue weighted by Crippen LogP contribution is -1.93. The highest BCUT2D eigenvalue weighted by molar-refractivity contribution is 5.29. The zero-order chi connectivity index (χ0) is 8.97. The third-order valence-corrected chi connectivity index (χ3v) is 1.66. The topological polar surface area (TPSA) is 53.4 Å². The average molecular weight is 167 g/mol. The van der Waals surface area contributed by atoms with Crippen LogP contribution in [0.3, 0.4) is 0 Å². The largest absolute Gasteiger partial charge is 0.506 e. The number of aliphatic hydroxyl groups excluding tert-OH is 1. The van der Waals surface area contributed by atoms with E-state index in [0.29, 0.717) is 18.5 Å². The second kappa shape index (κ2) is 4.07. The Morgan fingerprint density at radius 2 is 2.25 bits per heavy atom. The van der Waals surface area contributed by atoms with Gasteiger partial charge in [0.25, 0.3) is 0 Å². The smallest absolute Gasteiger partial charge is 0.137 e. The third kappa shape index (κ3) is 2.20. The van der Waals surface area contributed by atoms with Crippen molar-refractivity contribution >= 4 is 0 Å². The summed E-state index contributed by atoms with van der Waals surface area (Å²) in [6.07, 6.45) is 2.98. The fourth-order valence-corrected chi connectivity index (χ4v) is 1.02. The lowest BCUT2D eigenvalue weighted by molar-refractivity contribution is 0.287. The van der Waals surface area contributed by atoms with E-state index in [4.69, 9.17) is 5.11 Å². The van der Waals surface area contributed by atoms with E-state index in [-0.39, 0.29) is 12.4 Å². The van der Waals surface area contributed by atoms with Crippen molar-refractivity contribution in [2.45, 2.75) is 19.8 Å². The fourth-order valence-electron chi connectivity index (χ4n) is 1.02. The minimum Gasteiger partial charge on any atom is -0.506 e. The van der Waals surface area contributed by atoms with E-state index in [0.717, 1.165) is 5.56 Å². The number of hydrogen-bond acceptors (Lipinski definition) is 3. The predicted octanol–water partition coefficient (Wildman–Crippen LogP) is 1.02. The molecule has 3 heteroatoms. The maximum atomic E-state index is 9.37. The Hall–Kier alpha value is -1.09. The summed E-state index contributed by atoms with van der Waals surface area (Å²) in [5.41, 5.74) is 1.61. The zero-order valence-corrected chi connectivity index (χ0v) is 7.12. The third-order valence-electron chi connectivity index (χ3n) is 1.66. The van der Waals surface area contributed by atoms with Crippen molar-refractivity contribution in [1.82, 2.24) is 4.98 Å². The molecule has 0 saturated carbocycles. The lowest BCUT2D eigenvalue weighted by atomic mass is 10.2. The van der Waals surface area contributed by atoms with Crippen LogP contribution in [0.5, 0.6) is 5.75 Å². The molecule has 12 heavy (non-hydrogen) atoms. The summed E-state index contributed by atoms with van der Waals surface area (Å²) in [6.45, 7) is 2.01. The molecule has 2 N–H and O–H groups in total. The molecule has 0 saturated heterocycles. The number of pyridine rings is 1. The van der Waals surface area contributed by atoms with E-state index < -0.39 is 0 Å². The predicted molar refractivity (Wildman–Crippen MR) is 46.0 cm³/mol. The average Bonchev–Trinajstić information content (AvgIpc) is 2.03. The molecule has 0 aromatic carbocycles. The van der Waals surface area contributed by atoms with E-state index in [9.17, 15) is 5.11 Å². The van der Waals surface area contributed by atoms with E-state index in [2.05, 4.69) is 4.98 Å². The molecule has 0 atom stereocenters. The van der Waals surface area contributed by atoms with Crippen LogP contribution in [0, 0.1) is 6.92 Å². The van der Waals surface area contributed by atoms with E-state index in [1.54, 1.807) is 12.3 Å². The van der Waals surface area contributed by atoms with E-state index in [1.807, 2.05) is 6.92 Å². The summed E-state index contributed by atoms with van der Waals surface area (Å²) in [5, 5.41) is 17.9. The van der Waals surface area contributed by atoms with Crippen molar-refractivity contribution in [3.8, 4) is 5.75 Å². The Kier molecular flexibility index (Phi) is 3.05. The Balaban J connectivity index is 2.72. The van der Waals surface area contributed by atoms with Crippen LogP contribution in [0.2, 0.25) is 0 Å². The zero-order valence-electron chi connectivity index (χ0n) is 7.12. The summed E-state index contributed by atoms with van der Waals surface area (Å²) in [5.74, 6) is 0.225. The van der Waals surface area contributed by atoms with Gasteiger partial charge in [0.1, 0.15) is 5.75 Å². The highest BCUT2D eigenvalue weighted by Crippen LogP contribution is 2.16. The summed E-state index contributed by atoms with van der Waals surface area (Å²) < 4.78 is 0.